The number of aromatic nitrogens is 1. The van der Waals surface area contributed by atoms with Gasteiger partial charge in [-0.1, -0.05) is 18.2 Å². The Morgan fingerprint density at radius 1 is 1.15 bits per heavy atom. The molecule has 0 atom stereocenters. The molecule has 27 heavy (non-hydrogen) atoms. The molecule has 1 heterocycles. The Balaban J connectivity index is 2.14. The van der Waals surface area contributed by atoms with E-state index >= 15 is 0 Å². The van der Waals surface area contributed by atoms with Crippen LogP contribution in [-0.2, 0) is 26.1 Å². The number of para-hydroxylation sites is 1. The highest BCUT2D eigenvalue weighted by molar-refractivity contribution is 7.88. The van der Waals surface area contributed by atoms with E-state index in [4.69, 9.17) is 4.74 Å². The normalized spacial score (nSPS) is 11.2. The van der Waals surface area contributed by atoms with Crippen LogP contribution in [0.4, 0.5) is 5.69 Å². The summed E-state index contributed by atoms with van der Waals surface area (Å²) in [6.45, 7) is 1.44. The van der Waals surface area contributed by atoms with Gasteiger partial charge in [0, 0.05) is 6.20 Å². The highest BCUT2D eigenvalue weighted by Crippen LogP contribution is 2.16. The first-order valence-corrected chi connectivity index (χ1v) is 10.1. The predicted molar refractivity (Wildman–Crippen MR) is 101 cm³/mol. The molecule has 0 spiro atoms. The fourth-order valence-corrected chi connectivity index (χ4v) is 3.01. The van der Waals surface area contributed by atoms with E-state index in [2.05, 4.69) is 10.3 Å². The molecular formula is C18H21N3O5S. The van der Waals surface area contributed by atoms with Gasteiger partial charge in [-0.25, -0.2) is 13.2 Å². The fraction of sp³-hybridized carbons (Fsp3) is 0.278. The Labute approximate surface area is 158 Å². The van der Waals surface area contributed by atoms with E-state index in [0.29, 0.717) is 5.69 Å². The lowest BCUT2D eigenvalue weighted by Gasteiger charge is -2.19. The number of esters is 1. The molecule has 2 rings (SSSR count). The second-order valence-electron chi connectivity index (χ2n) is 5.67. The predicted octanol–water partition coefficient (Wildman–Crippen LogP) is 1.66. The van der Waals surface area contributed by atoms with Gasteiger partial charge >= 0.3 is 5.97 Å². The number of carbonyl (C=O) groups excluding carboxylic acids is 2. The highest BCUT2D eigenvalue weighted by atomic mass is 32.2. The van der Waals surface area contributed by atoms with Crippen molar-refractivity contribution in [2.75, 3.05) is 24.7 Å². The maximum absolute atomic E-state index is 12.4. The van der Waals surface area contributed by atoms with Crippen LogP contribution in [0.15, 0.2) is 48.7 Å². The summed E-state index contributed by atoms with van der Waals surface area (Å²) in [6.07, 6.45) is 2.57. The van der Waals surface area contributed by atoms with Crippen molar-refractivity contribution in [3.63, 3.8) is 0 Å². The van der Waals surface area contributed by atoms with Gasteiger partial charge in [0.2, 0.25) is 15.9 Å². The Kier molecular flexibility index (Phi) is 7.03. The number of nitrogens with zero attached hydrogens (tertiary/aromatic N) is 2. The lowest BCUT2D eigenvalue weighted by Crippen LogP contribution is -2.37. The quantitative estimate of drug-likeness (QED) is 0.686. The van der Waals surface area contributed by atoms with Crippen LogP contribution in [-0.4, -0.2) is 49.0 Å². The fourth-order valence-electron chi connectivity index (χ4n) is 2.29. The molecule has 1 N–H and O–H groups in total. The third kappa shape index (κ3) is 6.15. The molecule has 0 saturated heterocycles. The summed E-state index contributed by atoms with van der Waals surface area (Å²) in [4.78, 5) is 28.5. The molecule has 0 unspecified atom stereocenters. The molecule has 0 bridgehead atoms. The summed E-state index contributed by atoms with van der Waals surface area (Å²) in [5.41, 5.74) is 0.971. The van der Waals surface area contributed by atoms with E-state index in [1.54, 1.807) is 49.5 Å². The van der Waals surface area contributed by atoms with Crippen LogP contribution < -0.4 is 5.32 Å². The minimum Gasteiger partial charge on any atom is -0.462 e. The van der Waals surface area contributed by atoms with E-state index in [0.717, 1.165) is 10.6 Å². The van der Waals surface area contributed by atoms with Gasteiger partial charge in [0.25, 0.3) is 0 Å². The van der Waals surface area contributed by atoms with Gasteiger partial charge in [-0.2, -0.15) is 4.31 Å². The third-order valence-corrected chi connectivity index (χ3v) is 4.75. The zero-order valence-corrected chi connectivity index (χ0v) is 15.9. The zero-order valence-electron chi connectivity index (χ0n) is 15.1. The molecule has 0 saturated carbocycles. The summed E-state index contributed by atoms with van der Waals surface area (Å²) in [6, 6.07) is 11.5. The molecular weight excluding hydrogens is 370 g/mol. The number of carbonyl (C=O) groups is 2. The number of ether oxygens (including phenoxy) is 1. The number of rotatable bonds is 8. The average molecular weight is 391 g/mol. The number of pyridine rings is 1. The minimum absolute atomic E-state index is 0.0351. The molecule has 0 aliphatic heterocycles. The number of sulfonamides is 1. The van der Waals surface area contributed by atoms with E-state index in [-0.39, 0.29) is 24.4 Å². The van der Waals surface area contributed by atoms with Crippen LogP contribution >= 0.6 is 0 Å². The van der Waals surface area contributed by atoms with Crippen molar-refractivity contribution in [2.24, 2.45) is 0 Å². The number of anilines is 1. The number of hydrogen-bond acceptors (Lipinski definition) is 6. The number of amides is 1. The largest absolute Gasteiger partial charge is 0.462 e. The van der Waals surface area contributed by atoms with E-state index in [9.17, 15) is 18.0 Å². The SMILES string of the molecule is CCOC(=O)c1ccccc1NC(=O)CN(Cc1ccccn1)S(C)(=O)=O. The Hall–Kier alpha value is -2.78. The second-order valence-corrected chi connectivity index (χ2v) is 7.65. The average Bonchev–Trinajstić information content (AvgIpc) is 2.62. The van der Waals surface area contributed by atoms with Gasteiger partial charge in [-0.05, 0) is 31.2 Å². The van der Waals surface area contributed by atoms with Crippen molar-refractivity contribution in [1.29, 1.82) is 0 Å². The lowest BCUT2D eigenvalue weighted by atomic mass is 10.2. The van der Waals surface area contributed by atoms with Crippen LogP contribution in [0.2, 0.25) is 0 Å². The molecule has 0 fully saturated rings. The first-order chi connectivity index (χ1) is 12.8. The van der Waals surface area contributed by atoms with Crippen LogP contribution in [0, 0.1) is 0 Å². The van der Waals surface area contributed by atoms with Gasteiger partial charge < -0.3 is 10.1 Å². The van der Waals surface area contributed by atoms with E-state index in [1.165, 1.54) is 6.07 Å². The molecule has 1 amide bonds. The summed E-state index contributed by atoms with van der Waals surface area (Å²) in [5.74, 6) is -1.14. The second kappa shape index (κ2) is 9.24. The van der Waals surface area contributed by atoms with Gasteiger partial charge in [0.05, 0.1) is 42.9 Å². The number of nitrogens with one attached hydrogen (secondary N) is 1. The first kappa shape index (κ1) is 20.5. The number of hydrogen-bond donors (Lipinski definition) is 1. The highest BCUT2D eigenvalue weighted by Gasteiger charge is 2.22. The molecule has 0 radical (unpaired) electrons. The maximum atomic E-state index is 12.4. The topological polar surface area (TPSA) is 106 Å². The maximum Gasteiger partial charge on any atom is 0.340 e. The van der Waals surface area contributed by atoms with Crippen molar-refractivity contribution in [2.45, 2.75) is 13.5 Å². The molecule has 9 heteroatoms. The van der Waals surface area contributed by atoms with Crippen molar-refractivity contribution in [3.05, 3.63) is 59.9 Å². The van der Waals surface area contributed by atoms with Crippen LogP contribution in [0.3, 0.4) is 0 Å². The van der Waals surface area contributed by atoms with Gasteiger partial charge in [-0.3, -0.25) is 9.78 Å². The Morgan fingerprint density at radius 3 is 2.48 bits per heavy atom. The summed E-state index contributed by atoms with van der Waals surface area (Å²) in [7, 11) is -3.64. The summed E-state index contributed by atoms with van der Waals surface area (Å²) in [5, 5.41) is 2.57. The van der Waals surface area contributed by atoms with E-state index < -0.39 is 28.4 Å². The third-order valence-electron chi connectivity index (χ3n) is 3.55. The molecule has 1 aromatic carbocycles. The lowest BCUT2D eigenvalue weighted by molar-refractivity contribution is -0.116. The Bertz CT molecular complexity index is 900. The van der Waals surface area contributed by atoms with Gasteiger partial charge in [0.1, 0.15) is 0 Å². The first-order valence-electron chi connectivity index (χ1n) is 8.22. The number of benzene rings is 1. The van der Waals surface area contributed by atoms with E-state index in [1.807, 2.05) is 0 Å². The Morgan fingerprint density at radius 2 is 1.85 bits per heavy atom. The molecule has 0 aliphatic rings. The smallest absolute Gasteiger partial charge is 0.340 e. The van der Waals surface area contributed by atoms with Crippen molar-refractivity contribution in [1.82, 2.24) is 9.29 Å². The zero-order chi connectivity index (χ0) is 19.9. The van der Waals surface area contributed by atoms with Crippen LogP contribution in [0.25, 0.3) is 0 Å². The minimum atomic E-state index is -3.64. The molecule has 2 aromatic rings. The van der Waals surface area contributed by atoms with Gasteiger partial charge in [-0.15, -0.1) is 0 Å². The van der Waals surface area contributed by atoms with Gasteiger partial charge in [0.15, 0.2) is 0 Å². The molecule has 8 nitrogen and oxygen atoms in total. The van der Waals surface area contributed by atoms with Crippen molar-refractivity contribution in [3.8, 4) is 0 Å². The molecule has 1 aromatic heterocycles. The standard InChI is InChI=1S/C18H21N3O5S/c1-3-26-18(23)15-9-4-5-10-16(15)20-17(22)13-21(27(2,24)25)12-14-8-6-7-11-19-14/h4-11H,3,12-13H2,1-2H3,(H,20,22). The van der Waals surface area contributed by atoms with Crippen molar-refractivity contribution < 1.29 is 22.7 Å². The summed E-state index contributed by atoms with van der Waals surface area (Å²) >= 11 is 0. The summed E-state index contributed by atoms with van der Waals surface area (Å²) < 4.78 is 30.0. The molecule has 144 valence electrons. The van der Waals surface area contributed by atoms with Crippen molar-refractivity contribution >= 4 is 27.6 Å². The van der Waals surface area contributed by atoms with Crippen LogP contribution in [0.1, 0.15) is 23.0 Å². The monoisotopic (exact) mass is 391 g/mol. The molecule has 0 aliphatic carbocycles. The van der Waals surface area contributed by atoms with Crippen LogP contribution in [0.5, 0.6) is 0 Å².